The lowest BCUT2D eigenvalue weighted by molar-refractivity contribution is -0.385. The summed E-state index contributed by atoms with van der Waals surface area (Å²) < 4.78 is 0. The van der Waals surface area contributed by atoms with Gasteiger partial charge in [-0.15, -0.1) is 0 Å². The number of rotatable bonds is 4. The van der Waals surface area contributed by atoms with Gasteiger partial charge < -0.3 is 5.32 Å². The van der Waals surface area contributed by atoms with Crippen LogP contribution in [0.1, 0.15) is 18.9 Å². The van der Waals surface area contributed by atoms with E-state index in [4.69, 9.17) is 0 Å². The van der Waals surface area contributed by atoms with Gasteiger partial charge in [0.25, 0.3) is 5.69 Å². The quantitative estimate of drug-likeness (QED) is 0.606. The van der Waals surface area contributed by atoms with E-state index in [1.807, 2.05) is 6.07 Å². The predicted molar refractivity (Wildman–Crippen MR) is 57.5 cm³/mol. The second-order valence-electron chi connectivity index (χ2n) is 4.09. The Labute approximate surface area is 88.5 Å². The lowest BCUT2D eigenvalue weighted by Gasteiger charge is -2.04. The van der Waals surface area contributed by atoms with E-state index in [0.29, 0.717) is 18.5 Å². The molecule has 1 N–H and O–H groups in total. The van der Waals surface area contributed by atoms with E-state index in [9.17, 15) is 10.1 Å². The molecule has 2 atom stereocenters. The monoisotopic (exact) mass is 206 g/mol. The maximum atomic E-state index is 10.7. The van der Waals surface area contributed by atoms with Crippen molar-refractivity contribution in [3.63, 3.8) is 0 Å². The first-order valence-electron chi connectivity index (χ1n) is 5.14. The Morgan fingerprint density at radius 1 is 1.53 bits per heavy atom. The normalized spacial score (nSPS) is 23.8. The maximum Gasteiger partial charge on any atom is 0.273 e. The molecule has 4 heteroatoms. The van der Waals surface area contributed by atoms with Crippen LogP contribution in [0, 0.1) is 16.0 Å². The summed E-state index contributed by atoms with van der Waals surface area (Å²) in [6.45, 7) is 2.77. The van der Waals surface area contributed by atoms with Gasteiger partial charge in [-0.1, -0.05) is 25.1 Å². The van der Waals surface area contributed by atoms with Gasteiger partial charge in [-0.2, -0.15) is 0 Å². The molecule has 4 nitrogen and oxygen atoms in total. The average molecular weight is 206 g/mol. The van der Waals surface area contributed by atoms with Gasteiger partial charge in [-0.05, 0) is 12.3 Å². The molecule has 0 saturated heterocycles. The summed E-state index contributed by atoms with van der Waals surface area (Å²) in [5, 5.41) is 14.0. The third kappa shape index (κ3) is 2.33. The Bertz CT molecular complexity index is 379. The van der Waals surface area contributed by atoms with Gasteiger partial charge in [0.1, 0.15) is 0 Å². The van der Waals surface area contributed by atoms with Crippen LogP contribution in [0.2, 0.25) is 0 Å². The zero-order valence-corrected chi connectivity index (χ0v) is 8.64. The van der Waals surface area contributed by atoms with Gasteiger partial charge in [0.2, 0.25) is 0 Å². The predicted octanol–water partition coefficient (Wildman–Crippen LogP) is 2.09. The minimum Gasteiger partial charge on any atom is -0.309 e. The molecule has 1 aliphatic carbocycles. The molecule has 1 aromatic carbocycles. The van der Waals surface area contributed by atoms with Crippen LogP contribution in [0.5, 0.6) is 0 Å². The van der Waals surface area contributed by atoms with Crippen LogP contribution in [-0.2, 0) is 6.54 Å². The van der Waals surface area contributed by atoms with Gasteiger partial charge >= 0.3 is 0 Å². The average Bonchev–Trinajstić information content (AvgIpc) is 2.92. The van der Waals surface area contributed by atoms with Gasteiger partial charge in [-0.25, -0.2) is 0 Å². The number of nitrogens with zero attached hydrogens (tertiary/aromatic N) is 1. The second kappa shape index (κ2) is 3.98. The zero-order chi connectivity index (χ0) is 10.8. The van der Waals surface area contributed by atoms with Crippen molar-refractivity contribution in [2.75, 3.05) is 0 Å². The van der Waals surface area contributed by atoms with Gasteiger partial charge in [-0.3, -0.25) is 10.1 Å². The van der Waals surface area contributed by atoms with Crippen LogP contribution < -0.4 is 5.32 Å². The fourth-order valence-electron chi connectivity index (χ4n) is 1.69. The molecule has 0 aliphatic heterocycles. The molecule has 0 radical (unpaired) electrons. The third-order valence-corrected chi connectivity index (χ3v) is 2.85. The highest BCUT2D eigenvalue weighted by molar-refractivity contribution is 5.39. The van der Waals surface area contributed by atoms with Crippen molar-refractivity contribution < 1.29 is 4.92 Å². The van der Waals surface area contributed by atoms with Crippen molar-refractivity contribution in [2.24, 2.45) is 5.92 Å². The van der Waals surface area contributed by atoms with E-state index >= 15 is 0 Å². The fourth-order valence-corrected chi connectivity index (χ4v) is 1.69. The number of nitro benzene ring substituents is 1. The zero-order valence-electron chi connectivity index (χ0n) is 8.64. The van der Waals surface area contributed by atoms with Crippen molar-refractivity contribution in [3.05, 3.63) is 39.9 Å². The highest BCUT2D eigenvalue weighted by atomic mass is 16.6. The van der Waals surface area contributed by atoms with Crippen molar-refractivity contribution in [2.45, 2.75) is 25.9 Å². The van der Waals surface area contributed by atoms with Gasteiger partial charge in [0.15, 0.2) is 0 Å². The highest BCUT2D eigenvalue weighted by Crippen LogP contribution is 2.29. The standard InChI is InChI=1S/C11H14N2O2/c1-8-6-10(8)12-7-9-4-2-3-5-11(9)13(14)15/h2-5,8,10,12H,6-7H2,1H3. The van der Waals surface area contributed by atoms with Crippen LogP contribution in [-0.4, -0.2) is 11.0 Å². The van der Waals surface area contributed by atoms with Gasteiger partial charge in [0.05, 0.1) is 4.92 Å². The molecule has 0 spiro atoms. The van der Waals surface area contributed by atoms with E-state index in [0.717, 1.165) is 5.56 Å². The van der Waals surface area contributed by atoms with E-state index in [1.165, 1.54) is 6.42 Å². The molecule has 2 unspecified atom stereocenters. The molecule has 0 heterocycles. The molecule has 0 aromatic heterocycles. The Morgan fingerprint density at radius 3 is 2.80 bits per heavy atom. The number of hydrogen-bond donors (Lipinski definition) is 1. The van der Waals surface area contributed by atoms with Crippen molar-refractivity contribution >= 4 is 5.69 Å². The number of nitro groups is 1. The number of para-hydroxylation sites is 1. The summed E-state index contributed by atoms with van der Waals surface area (Å²) in [6, 6.07) is 7.43. The number of hydrogen-bond acceptors (Lipinski definition) is 3. The van der Waals surface area contributed by atoms with Crippen LogP contribution in [0.3, 0.4) is 0 Å². The van der Waals surface area contributed by atoms with Gasteiger partial charge in [0, 0.05) is 24.2 Å². The summed E-state index contributed by atoms with van der Waals surface area (Å²) in [5.74, 6) is 0.716. The first-order valence-corrected chi connectivity index (χ1v) is 5.14. The Hall–Kier alpha value is -1.42. The first kappa shape index (κ1) is 10.1. The molecule has 0 bridgehead atoms. The largest absolute Gasteiger partial charge is 0.309 e. The van der Waals surface area contributed by atoms with Crippen LogP contribution in [0.25, 0.3) is 0 Å². The smallest absolute Gasteiger partial charge is 0.273 e. The van der Waals surface area contributed by atoms with Crippen molar-refractivity contribution in [1.82, 2.24) is 5.32 Å². The minimum absolute atomic E-state index is 0.207. The number of nitrogens with one attached hydrogen (secondary N) is 1. The Kier molecular flexibility index (Phi) is 2.68. The van der Waals surface area contributed by atoms with E-state index in [1.54, 1.807) is 18.2 Å². The van der Waals surface area contributed by atoms with Crippen LogP contribution in [0.15, 0.2) is 24.3 Å². The summed E-state index contributed by atoms with van der Waals surface area (Å²) in [6.07, 6.45) is 1.18. The molecule has 1 aliphatic rings. The molecular formula is C11H14N2O2. The highest BCUT2D eigenvalue weighted by Gasteiger charge is 2.32. The lowest BCUT2D eigenvalue weighted by atomic mass is 10.2. The summed E-state index contributed by atoms with van der Waals surface area (Å²) >= 11 is 0. The van der Waals surface area contributed by atoms with E-state index in [2.05, 4.69) is 12.2 Å². The molecule has 2 rings (SSSR count). The lowest BCUT2D eigenvalue weighted by Crippen LogP contribution is -2.17. The summed E-state index contributed by atoms with van der Waals surface area (Å²) in [5.41, 5.74) is 0.972. The maximum absolute atomic E-state index is 10.7. The molecule has 80 valence electrons. The molecule has 1 fully saturated rings. The second-order valence-corrected chi connectivity index (χ2v) is 4.09. The summed E-state index contributed by atoms with van der Waals surface area (Å²) in [4.78, 5) is 10.4. The minimum atomic E-state index is -0.326. The SMILES string of the molecule is CC1CC1NCc1ccccc1[N+](=O)[O-]. The number of benzene rings is 1. The first-order chi connectivity index (χ1) is 7.18. The third-order valence-electron chi connectivity index (χ3n) is 2.85. The Morgan fingerprint density at radius 2 is 2.20 bits per heavy atom. The molecule has 15 heavy (non-hydrogen) atoms. The van der Waals surface area contributed by atoms with E-state index < -0.39 is 0 Å². The molecular weight excluding hydrogens is 192 g/mol. The van der Waals surface area contributed by atoms with Crippen molar-refractivity contribution in [1.29, 1.82) is 0 Å². The topological polar surface area (TPSA) is 55.2 Å². The van der Waals surface area contributed by atoms with Crippen LogP contribution in [0.4, 0.5) is 5.69 Å². The molecule has 1 aromatic rings. The van der Waals surface area contributed by atoms with Crippen molar-refractivity contribution in [3.8, 4) is 0 Å². The molecule has 1 saturated carbocycles. The van der Waals surface area contributed by atoms with E-state index in [-0.39, 0.29) is 10.6 Å². The fraction of sp³-hybridized carbons (Fsp3) is 0.455. The molecule has 0 amide bonds. The Balaban J connectivity index is 2.03. The van der Waals surface area contributed by atoms with Crippen LogP contribution >= 0.6 is 0 Å². The summed E-state index contributed by atoms with van der Waals surface area (Å²) in [7, 11) is 0.